The predicted octanol–water partition coefficient (Wildman–Crippen LogP) is 2.45. The Morgan fingerprint density at radius 3 is 2.56 bits per heavy atom. The molecule has 7 nitrogen and oxygen atoms in total. The second-order valence-corrected chi connectivity index (χ2v) is 5.64. The van der Waals surface area contributed by atoms with Gasteiger partial charge in [-0.2, -0.15) is 0 Å². The van der Waals surface area contributed by atoms with E-state index in [2.05, 4.69) is 9.97 Å². The number of H-pyrrole nitrogens is 1. The van der Waals surface area contributed by atoms with Crippen molar-refractivity contribution in [1.82, 2.24) is 15.0 Å². The normalized spacial score (nSPS) is 14.3. The number of amides is 2. The number of imide groups is 1. The SMILES string of the molecule is O=C(ON1C(=O)CCC1=O)c1cccc(-c2nc3ccccc3[nH]2)c1. The summed E-state index contributed by atoms with van der Waals surface area (Å²) in [4.78, 5) is 48.0. The van der Waals surface area contributed by atoms with E-state index in [-0.39, 0.29) is 18.4 Å². The number of aromatic amines is 1. The van der Waals surface area contributed by atoms with Gasteiger partial charge in [-0.1, -0.05) is 24.3 Å². The second-order valence-electron chi connectivity index (χ2n) is 5.64. The quantitative estimate of drug-likeness (QED) is 0.742. The third-order valence-electron chi connectivity index (χ3n) is 3.94. The fourth-order valence-electron chi connectivity index (χ4n) is 2.68. The van der Waals surface area contributed by atoms with Gasteiger partial charge < -0.3 is 9.82 Å². The van der Waals surface area contributed by atoms with E-state index < -0.39 is 17.8 Å². The molecule has 4 rings (SSSR count). The highest BCUT2D eigenvalue weighted by Crippen LogP contribution is 2.22. The number of carbonyl (C=O) groups excluding carboxylic acids is 3. The van der Waals surface area contributed by atoms with E-state index >= 15 is 0 Å². The molecule has 0 saturated carbocycles. The molecule has 2 heterocycles. The van der Waals surface area contributed by atoms with E-state index in [0.717, 1.165) is 11.0 Å². The number of aromatic nitrogens is 2. The van der Waals surface area contributed by atoms with Gasteiger partial charge in [0.25, 0.3) is 11.8 Å². The van der Waals surface area contributed by atoms with Crippen molar-refractivity contribution < 1.29 is 19.2 Å². The summed E-state index contributed by atoms with van der Waals surface area (Å²) >= 11 is 0. The summed E-state index contributed by atoms with van der Waals surface area (Å²) in [5, 5.41) is 0.538. The van der Waals surface area contributed by atoms with Crippen molar-refractivity contribution in [2.24, 2.45) is 0 Å². The highest BCUT2D eigenvalue weighted by molar-refractivity contribution is 6.02. The number of hydroxylamine groups is 2. The van der Waals surface area contributed by atoms with Crippen molar-refractivity contribution in [2.45, 2.75) is 12.8 Å². The predicted molar refractivity (Wildman–Crippen MR) is 88.0 cm³/mol. The lowest BCUT2D eigenvalue weighted by Crippen LogP contribution is -2.32. The van der Waals surface area contributed by atoms with Gasteiger partial charge in [-0.25, -0.2) is 9.78 Å². The number of fused-ring (bicyclic) bond motifs is 1. The topological polar surface area (TPSA) is 92.4 Å². The number of rotatable bonds is 3. The minimum absolute atomic E-state index is 0.0607. The molecule has 1 N–H and O–H groups in total. The molecule has 1 aromatic heterocycles. The van der Waals surface area contributed by atoms with E-state index in [1.807, 2.05) is 24.3 Å². The zero-order valence-corrected chi connectivity index (χ0v) is 13.1. The number of nitrogens with zero attached hydrogens (tertiary/aromatic N) is 2. The van der Waals surface area contributed by atoms with E-state index in [0.29, 0.717) is 16.5 Å². The third-order valence-corrected chi connectivity index (χ3v) is 3.94. The fourth-order valence-corrected chi connectivity index (χ4v) is 2.68. The maximum absolute atomic E-state index is 12.2. The van der Waals surface area contributed by atoms with Crippen molar-refractivity contribution in [3.63, 3.8) is 0 Å². The average Bonchev–Trinajstić information content (AvgIpc) is 3.20. The van der Waals surface area contributed by atoms with Gasteiger partial charge in [0.2, 0.25) is 0 Å². The van der Waals surface area contributed by atoms with Crippen LogP contribution in [0, 0.1) is 0 Å². The van der Waals surface area contributed by atoms with Gasteiger partial charge >= 0.3 is 5.97 Å². The molecule has 3 aromatic rings. The molecule has 2 aromatic carbocycles. The number of imidazole rings is 1. The second kappa shape index (κ2) is 5.86. The molecule has 0 bridgehead atoms. The van der Waals surface area contributed by atoms with Crippen molar-refractivity contribution in [2.75, 3.05) is 0 Å². The molecule has 0 unspecified atom stereocenters. The van der Waals surface area contributed by atoms with E-state index in [1.165, 1.54) is 0 Å². The molecule has 2 amide bonds. The van der Waals surface area contributed by atoms with Crippen LogP contribution in [0.3, 0.4) is 0 Å². The number of para-hydroxylation sites is 2. The van der Waals surface area contributed by atoms with Crippen LogP contribution in [0.2, 0.25) is 0 Å². The Morgan fingerprint density at radius 2 is 1.80 bits per heavy atom. The summed E-state index contributed by atoms with van der Waals surface area (Å²) in [5.41, 5.74) is 2.63. The first-order valence-electron chi connectivity index (χ1n) is 7.75. The Labute approximate surface area is 142 Å². The van der Waals surface area contributed by atoms with Crippen LogP contribution in [0.4, 0.5) is 0 Å². The lowest BCUT2D eigenvalue weighted by molar-refractivity contribution is -0.172. The van der Waals surface area contributed by atoms with Crippen molar-refractivity contribution in [3.05, 3.63) is 54.1 Å². The minimum Gasteiger partial charge on any atom is -0.338 e. The summed E-state index contributed by atoms with van der Waals surface area (Å²) < 4.78 is 0. The van der Waals surface area contributed by atoms with Gasteiger partial charge in [-0.3, -0.25) is 9.59 Å². The molecule has 1 fully saturated rings. The van der Waals surface area contributed by atoms with Crippen molar-refractivity contribution >= 4 is 28.8 Å². The maximum atomic E-state index is 12.2. The van der Waals surface area contributed by atoms with Crippen LogP contribution in [0.25, 0.3) is 22.4 Å². The van der Waals surface area contributed by atoms with Gasteiger partial charge in [-0.15, -0.1) is 5.06 Å². The highest BCUT2D eigenvalue weighted by atomic mass is 16.7. The van der Waals surface area contributed by atoms with E-state index in [1.54, 1.807) is 24.3 Å². The smallest absolute Gasteiger partial charge is 0.338 e. The Hall–Kier alpha value is -3.48. The van der Waals surface area contributed by atoms with Gasteiger partial charge in [0.1, 0.15) is 5.82 Å². The third kappa shape index (κ3) is 2.76. The molecule has 0 spiro atoms. The minimum atomic E-state index is -0.762. The molecule has 0 atom stereocenters. The van der Waals surface area contributed by atoms with E-state index in [9.17, 15) is 14.4 Å². The van der Waals surface area contributed by atoms with Crippen LogP contribution in [-0.2, 0) is 14.4 Å². The molecule has 1 aliphatic rings. The summed E-state index contributed by atoms with van der Waals surface area (Å²) in [6, 6.07) is 14.2. The van der Waals surface area contributed by atoms with Gasteiger partial charge in [0, 0.05) is 18.4 Å². The summed E-state index contributed by atoms with van der Waals surface area (Å²) in [6.07, 6.45) is 0.121. The number of hydrogen-bond acceptors (Lipinski definition) is 5. The number of hydrogen-bond donors (Lipinski definition) is 1. The van der Waals surface area contributed by atoms with Crippen LogP contribution in [-0.4, -0.2) is 32.8 Å². The fraction of sp³-hybridized carbons (Fsp3) is 0.111. The van der Waals surface area contributed by atoms with Crippen LogP contribution in [0.5, 0.6) is 0 Å². The Balaban J connectivity index is 1.61. The van der Waals surface area contributed by atoms with Crippen LogP contribution >= 0.6 is 0 Å². The molecule has 1 aliphatic heterocycles. The van der Waals surface area contributed by atoms with Crippen LogP contribution in [0.1, 0.15) is 23.2 Å². The number of benzene rings is 2. The summed E-state index contributed by atoms with van der Waals surface area (Å²) in [7, 11) is 0. The van der Waals surface area contributed by atoms with E-state index in [4.69, 9.17) is 4.84 Å². The summed E-state index contributed by atoms with van der Waals surface area (Å²) in [5.74, 6) is -1.16. The standard InChI is InChI=1S/C18H13N3O4/c22-15-8-9-16(23)21(15)25-18(24)12-5-3-4-11(10-12)17-19-13-6-1-2-7-14(13)20-17/h1-7,10H,8-9H2,(H,19,20). The number of nitrogens with one attached hydrogen (secondary N) is 1. The molecule has 1 saturated heterocycles. The maximum Gasteiger partial charge on any atom is 0.363 e. The molecule has 0 aliphatic carbocycles. The molecule has 25 heavy (non-hydrogen) atoms. The number of carbonyl (C=O) groups is 3. The van der Waals surface area contributed by atoms with Gasteiger partial charge in [-0.05, 0) is 24.3 Å². The van der Waals surface area contributed by atoms with Gasteiger partial charge in [0.05, 0.1) is 16.6 Å². The highest BCUT2D eigenvalue weighted by Gasteiger charge is 2.33. The average molecular weight is 335 g/mol. The molecular formula is C18H13N3O4. The first-order valence-corrected chi connectivity index (χ1v) is 7.75. The van der Waals surface area contributed by atoms with Crippen molar-refractivity contribution in [1.29, 1.82) is 0 Å². The molecule has 0 radical (unpaired) electrons. The Kier molecular flexibility index (Phi) is 3.53. The zero-order valence-electron chi connectivity index (χ0n) is 13.1. The lowest BCUT2D eigenvalue weighted by Gasteiger charge is -2.12. The monoisotopic (exact) mass is 335 g/mol. The Bertz CT molecular complexity index is 959. The Morgan fingerprint density at radius 1 is 1.04 bits per heavy atom. The first kappa shape index (κ1) is 15.1. The molecule has 124 valence electrons. The zero-order chi connectivity index (χ0) is 17.4. The van der Waals surface area contributed by atoms with Crippen LogP contribution in [0.15, 0.2) is 48.5 Å². The van der Waals surface area contributed by atoms with Crippen LogP contribution < -0.4 is 0 Å². The molecule has 7 heteroatoms. The summed E-state index contributed by atoms with van der Waals surface area (Å²) in [6.45, 7) is 0. The van der Waals surface area contributed by atoms with Gasteiger partial charge in [0.15, 0.2) is 0 Å². The largest absolute Gasteiger partial charge is 0.363 e. The van der Waals surface area contributed by atoms with Crippen molar-refractivity contribution in [3.8, 4) is 11.4 Å². The lowest BCUT2D eigenvalue weighted by atomic mass is 10.1. The molecular weight excluding hydrogens is 322 g/mol. The first-order chi connectivity index (χ1) is 12.1.